The molecule has 0 fully saturated rings. The van der Waals surface area contributed by atoms with Crippen LogP contribution in [-0.2, 0) is 24.3 Å². The maximum atomic E-state index is 11.9. The average molecular weight is 305 g/mol. The molecule has 0 aliphatic heterocycles. The van der Waals surface area contributed by atoms with Gasteiger partial charge in [0.2, 0.25) is 5.91 Å². The van der Waals surface area contributed by atoms with Crippen molar-refractivity contribution in [1.82, 2.24) is 15.1 Å². The second-order valence-corrected chi connectivity index (χ2v) is 6.61. The first kappa shape index (κ1) is 15.8. The molecular weight excluding hydrogens is 282 g/mol. The van der Waals surface area contributed by atoms with Crippen molar-refractivity contribution in [1.29, 1.82) is 0 Å². The number of amides is 1. The fourth-order valence-electron chi connectivity index (χ4n) is 2.34. The summed E-state index contributed by atoms with van der Waals surface area (Å²) in [6.07, 6.45) is 2.46. The molecule has 5 heteroatoms. The Balaban J connectivity index is 1.72. The van der Waals surface area contributed by atoms with E-state index in [1.165, 1.54) is 9.75 Å². The predicted octanol–water partition coefficient (Wildman–Crippen LogP) is 3.22. The van der Waals surface area contributed by atoms with Crippen LogP contribution in [0.15, 0.2) is 18.2 Å². The second-order valence-electron chi connectivity index (χ2n) is 5.24. The lowest BCUT2D eigenvalue weighted by atomic mass is 10.2. The normalized spacial score (nSPS) is 10.8. The molecule has 0 spiro atoms. The van der Waals surface area contributed by atoms with Gasteiger partial charge in [0.25, 0.3) is 0 Å². The number of hydrogen-bond donors (Lipinski definition) is 1. The summed E-state index contributed by atoms with van der Waals surface area (Å²) in [4.78, 5) is 14.6. The van der Waals surface area contributed by atoms with E-state index in [0.717, 1.165) is 30.8 Å². The van der Waals surface area contributed by atoms with Crippen LogP contribution < -0.4 is 5.32 Å². The van der Waals surface area contributed by atoms with Gasteiger partial charge in [0.15, 0.2) is 0 Å². The first-order valence-electron chi connectivity index (χ1n) is 7.44. The first-order valence-corrected chi connectivity index (χ1v) is 8.25. The Morgan fingerprint density at radius 2 is 2.19 bits per heavy atom. The lowest BCUT2D eigenvalue weighted by Gasteiger charge is -2.06. The van der Waals surface area contributed by atoms with E-state index >= 15 is 0 Å². The minimum atomic E-state index is 0.116. The van der Waals surface area contributed by atoms with Gasteiger partial charge in [-0.2, -0.15) is 5.10 Å². The second kappa shape index (κ2) is 7.41. The van der Waals surface area contributed by atoms with Crippen LogP contribution in [0.5, 0.6) is 0 Å². The number of nitrogens with zero attached hydrogens (tertiary/aromatic N) is 2. The summed E-state index contributed by atoms with van der Waals surface area (Å²) >= 11 is 1.81. The van der Waals surface area contributed by atoms with E-state index in [9.17, 15) is 4.79 Å². The van der Waals surface area contributed by atoms with Crippen molar-refractivity contribution in [3.63, 3.8) is 0 Å². The highest BCUT2D eigenvalue weighted by Gasteiger charge is 2.07. The van der Waals surface area contributed by atoms with Gasteiger partial charge in [-0.25, -0.2) is 0 Å². The largest absolute Gasteiger partial charge is 0.350 e. The third-order valence-electron chi connectivity index (χ3n) is 3.37. The summed E-state index contributed by atoms with van der Waals surface area (Å²) in [7, 11) is 0. The van der Waals surface area contributed by atoms with Crippen LogP contribution in [0.1, 0.15) is 40.9 Å². The highest BCUT2D eigenvalue weighted by molar-refractivity contribution is 7.11. The van der Waals surface area contributed by atoms with Gasteiger partial charge in [-0.3, -0.25) is 9.48 Å². The number of rotatable bonds is 7. The van der Waals surface area contributed by atoms with Crippen molar-refractivity contribution < 1.29 is 4.79 Å². The van der Waals surface area contributed by atoms with Crippen molar-refractivity contribution in [2.24, 2.45) is 0 Å². The molecule has 114 valence electrons. The Labute approximate surface area is 130 Å². The van der Waals surface area contributed by atoms with Crippen molar-refractivity contribution in [3.05, 3.63) is 39.3 Å². The topological polar surface area (TPSA) is 46.9 Å². The Morgan fingerprint density at radius 3 is 2.86 bits per heavy atom. The number of carbonyl (C=O) groups is 1. The number of aromatic nitrogens is 2. The molecule has 0 aliphatic rings. The number of carbonyl (C=O) groups excluding carboxylic acids is 1. The summed E-state index contributed by atoms with van der Waals surface area (Å²) < 4.78 is 1.93. The summed E-state index contributed by atoms with van der Waals surface area (Å²) in [5.74, 6) is 0.116. The van der Waals surface area contributed by atoms with E-state index in [4.69, 9.17) is 0 Å². The molecule has 2 heterocycles. The molecule has 2 aromatic rings. The van der Waals surface area contributed by atoms with Crippen molar-refractivity contribution in [2.75, 3.05) is 0 Å². The van der Waals surface area contributed by atoms with Gasteiger partial charge < -0.3 is 5.32 Å². The monoisotopic (exact) mass is 305 g/mol. The first-order chi connectivity index (χ1) is 10.1. The molecule has 0 aliphatic carbocycles. The Hall–Kier alpha value is -1.62. The van der Waals surface area contributed by atoms with Crippen LogP contribution in [0.4, 0.5) is 0 Å². The molecule has 0 unspecified atom stereocenters. The Kier molecular flexibility index (Phi) is 5.56. The number of thiophene rings is 1. The molecular formula is C16H23N3OS. The summed E-state index contributed by atoms with van der Waals surface area (Å²) in [5, 5.41) is 7.36. The van der Waals surface area contributed by atoms with E-state index in [0.29, 0.717) is 13.0 Å². The lowest BCUT2D eigenvalue weighted by molar-refractivity contribution is -0.121. The fourth-order valence-corrected chi connectivity index (χ4v) is 3.27. The molecule has 0 radical (unpaired) electrons. The van der Waals surface area contributed by atoms with Crippen molar-refractivity contribution in [2.45, 2.75) is 53.1 Å². The van der Waals surface area contributed by atoms with Crippen LogP contribution in [-0.4, -0.2) is 15.7 Å². The molecule has 0 bridgehead atoms. The van der Waals surface area contributed by atoms with Crippen LogP contribution in [0, 0.1) is 13.8 Å². The third kappa shape index (κ3) is 4.70. The maximum absolute atomic E-state index is 11.9. The molecule has 2 rings (SSSR count). The number of aryl methyl sites for hydroxylation is 4. The van der Waals surface area contributed by atoms with E-state index in [1.54, 1.807) is 0 Å². The van der Waals surface area contributed by atoms with E-state index < -0.39 is 0 Å². The fraction of sp³-hybridized carbons (Fsp3) is 0.500. The summed E-state index contributed by atoms with van der Waals surface area (Å²) in [6.45, 7) is 7.53. The molecule has 1 N–H and O–H groups in total. The van der Waals surface area contributed by atoms with Crippen LogP contribution >= 0.6 is 11.3 Å². The SMILES string of the molecule is CCn1nc(C)cc1CNC(=O)CCCc1ccc(C)s1. The molecule has 0 atom stereocenters. The molecule has 0 aromatic carbocycles. The highest BCUT2D eigenvalue weighted by atomic mass is 32.1. The average Bonchev–Trinajstić information content (AvgIpc) is 3.02. The van der Waals surface area contributed by atoms with Gasteiger partial charge >= 0.3 is 0 Å². The van der Waals surface area contributed by atoms with Crippen LogP contribution in [0.3, 0.4) is 0 Å². The molecule has 0 saturated heterocycles. The lowest BCUT2D eigenvalue weighted by Crippen LogP contribution is -2.24. The zero-order chi connectivity index (χ0) is 15.2. The van der Waals surface area contributed by atoms with E-state index in [-0.39, 0.29) is 5.91 Å². The summed E-state index contributed by atoms with van der Waals surface area (Å²) in [6, 6.07) is 6.31. The standard InChI is InChI=1S/C16H23N3OS/c1-4-19-14(10-12(2)18-19)11-17-16(20)7-5-6-15-9-8-13(3)21-15/h8-10H,4-7,11H2,1-3H3,(H,17,20). The predicted molar refractivity (Wildman–Crippen MR) is 86.5 cm³/mol. The highest BCUT2D eigenvalue weighted by Crippen LogP contribution is 2.17. The smallest absolute Gasteiger partial charge is 0.220 e. The molecule has 2 aromatic heterocycles. The van der Waals surface area contributed by atoms with Gasteiger partial charge in [0.05, 0.1) is 17.9 Å². The molecule has 0 saturated carbocycles. The van der Waals surface area contributed by atoms with E-state index in [2.05, 4.69) is 36.4 Å². The van der Waals surface area contributed by atoms with Gasteiger partial charge in [-0.1, -0.05) is 0 Å². The minimum Gasteiger partial charge on any atom is -0.350 e. The van der Waals surface area contributed by atoms with Gasteiger partial charge in [0.1, 0.15) is 0 Å². The number of hydrogen-bond acceptors (Lipinski definition) is 3. The quantitative estimate of drug-likeness (QED) is 0.854. The number of nitrogens with one attached hydrogen (secondary N) is 1. The molecule has 1 amide bonds. The minimum absolute atomic E-state index is 0.116. The van der Waals surface area contributed by atoms with Gasteiger partial charge in [-0.05, 0) is 51.8 Å². The van der Waals surface area contributed by atoms with Crippen LogP contribution in [0.25, 0.3) is 0 Å². The molecule has 4 nitrogen and oxygen atoms in total. The van der Waals surface area contributed by atoms with E-state index in [1.807, 2.05) is 29.0 Å². The Morgan fingerprint density at radius 1 is 1.38 bits per heavy atom. The zero-order valence-electron chi connectivity index (χ0n) is 13.0. The van der Waals surface area contributed by atoms with Crippen molar-refractivity contribution >= 4 is 17.2 Å². The summed E-state index contributed by atoms with van der Waals surface area (Å²) in [5.41, 5.74) is 2.06. The maximum Gasteiger partial charge on any atom is 0.220 e. The third-order valence-corrected chi connectivity index (χ3v) is 4.44. The van der Waals surface area contributed by atoms with Gasteiger partial charge in [0, 0.05) is 22.7 Å². The van der Waals surface area contributed by atoms with Gasteiger partial charge in [-0.15, -0.1) is 11.3 Å². The van der Waals surface area contributed by atoms with Crippen molar-refractivity contribution in [3.8, 4) is 0 Å². The zero-order valence-corrected chi connectivity index (χ0v) is 13.8. The Bertz CT molecular complexity index is 600. The van der Waals surface area contributed by atoms with Crippen LogP contribution in [0.2, 0.25) is 0 Å². The molecule has 21 heavy (non-hydrogen) atoms.